The van der Waals surface area contributed by atoms with Crippen LogP contribution >= 0.6 is 11.3 Å². The topological polar surface area (TPSA) is 118 Å². The molecule has 1 N–H and O–H groups in total. The molecule has 1 atom stereocenters. The number of carbonyl (C=O) groups is 1. The minimum absolute atomic E-state index is 0.0274. The van der Waals surface area contributed by atoms with E-state index >= 15 is 0 Å². The SMILES string of the molecule is CCS(=O)(=O)c1ccc(C(Oc2ccc(C#N)cc2)C(=O)Nc2nc3cc(OC)ccc3s2)cc1. The van der Waals surface area contributed by atoms with Crippen LogP contribution < -0.4 is 14.8 Å². The van der Waals surface area contributed by atoms with Gasteiger partial charge in [-0.25, -0.2) is 13.4 Å². The molecular formula is C25H21N3O5S2. The molecular weight excluding hydrogens is 486 g/mol. The maximum Gasteiger partial charge on any atom is 0.271 e. The van der Waals surface area contributed by atoms with E-state index < -0.39 is 21.8 Å². The third kappa shape index (κ3) is 5.42. The fraction of sp³-hybridized carbons (Fsp3) is 0.160. The van der Waals surface area contributed by atoms with Gasteiger partial charge in [0.15, 0.2) is 15.0 Å². The summed E-state index contributed by atoms with van der Waals surface area (Å²) >= 11 is 1.31. The van der Waals surface area contributed by atoms with Crippen LogP contribution in [-0.4, -0.2) is 32.2 Å². The predicted molar refractivity (Wildman–Crippen MR) is 133 cm³/mol. The molecule has 4 aromatic rings. The average Bonchev–Trinajstić information content (AvgIpc) is 3.28. The lowest BCUT2D eigenvalue weighted by molar-refractivity contribution is -0.123. The lowest BCUT2D eigenvalue weighted by Crippen LogP contribution is -2.25. The Morgan fingerprint density at radius 3 is 2.40 bits per heavy atom. The summed E-state index contributed by atoms with van der Waals surface area (Å²) in [6.07, 6.45) is -1.09. The molecule has 8 nitrogen and oxygen atoms in total. The number of amides is 1. The Balaban J connectivity index is 1.64. The van der Waals surface area contributed by atoms with Gasteiger partial charge in [-0.1, -0.05) is 30.4 Å². The van der Waals surface area contributed by atoms with Crippen LogP contribution in [-0.2, 0) is 14.6 Å². The molecule has 1 heterocycles. The van der Waals surface area contributed by atoms with Gasteiger partial charge in [-0.05, 0) is 48.5 Å². The van der Waals surface area contributed by atoms with E-state index in [0.29, 0.717) is 33.3 Å². The second kappa shape index (κ2) is 10.1. The molecule has 1 aromatic heterocycles. The van der Waals surface area contributed by atoms with Gasteiger partial charge in [0, 0.05) is 11.6 Å². The number of methoxy groups -OCH3 is 1. The number of thiazole rings is 1. The molecule has 10 heteroatoms. The molecule has 35 heavy (non-hydrogen) atoms. The zero-order chi connectivity index (χ0) is 25.0. The molecule has 0 spiro atoms. The smallest absolute Gasteiger partial charge is 0.271 e. The summed E-state index contributed by atoms with van der Waals surface area (Å²) in [6.45, 7) is 1.57. The molecule has 0 fully saturated rings. The molecule has 4 rings (SSSR count). The van der Waals surface area contributed by atoms with Gasteiger partial charge >= 0.3 is 0 Å². The second-order valence-corrected chi connectivity index (χ2v) is 10.8. The van der Waals surface area contributed by atoms with Crippen LogP contribution in [0, 0.1) is 11.3 Å². The van der Waals surface area contributed by atoms with Crippen molar-refractivity contribution in [2.24, 2.45) is 0 Å². The summed E-state index contributed by atoms with van der Waals surface area (Å²) in [7, 11) is -1.82. The molecule has 1 unspecified atom stereocenters. The van der Waals surface area contributed by atoms with Crippen molar-refractivity contribution in [2.45, 2.75) is 17.9 Å². The lowest BCUT2D eigenvalue weighted by Gasteiger charge is -2.19. The average molecular weight is 508 g/mol. The molecule has 0 saturated heterocycles. The van der Waals surface area contributed by atoms with Crippen LogP contribution in [0.3, 0.4) is 0 Å². The summed E-state index contributed by atoms with van der Waals surface area (Å²) < 4.78 is 36.5. The van der Waals surface area contributed by atoms with Crippen LogP contribution in [0.25, 0.3) is 10.2 Å². The van der Waals surface area contributed by atoms with Gasteiger partial charge in [0.1, 0.15) is 11.5 Å². The fourth-order valence-electron chi connectivity index (χ4n) is 3.29. The first-order chi connectivity index (χ1) is 16.8. The zero-order valence-electron chi connectivity index (χ0n) is 18.9. The third-order valence-corrected chi connectivity index (χ3v) is 7.92. The number of fused-ring (bicyclic) bond motifs is 1. The van der Waals surface area contributed by atoms with Gasteiger partial charge < -0.3 is 9.47 Å². The van der Waals surface area contributed by atoms with Crippen molar-refractivity contribution in [3.8, 4) is 17.6 Å². The predicted octanol–water partition coefficient (Wildman–Crippen LogP) is 4.73. The quantitative estimate of drug-likeness (QED) is 0.366. The van der Waals surface area contributed by atoms with E-state index in [4.69, 9.17) is 14.7 Å². The first kappa shape index (κ1) is 24.2. The van der Waals surface area contributed by atoms with Crippen LogP contribution in [0.15, 0.2) is 71.6 Å². The molecule has 178 valence electrons. The Labute approximate surface area is 206 Å². The number of nitriles is 1. The highest BCUT2D eigenvalue weighted by atomic mass is 32.2. The molecule has 0 aliphatic heterocycles. The van der Waals surface area contributed by atoms with Gasteiger partial charge in [-0.2, -0.15) is 5.26 Å². The second-order valence-electron chi connectivity index (χ2n) is 7.45. The van der Waals surface area contributed by atoms with Crippen molar-refractivity contribution in [3.05, 3.63) is 77.9 Å². The van der Waals surface area contributed by atoms with Crippen molar-refractivity contribution < 1.29 is 22.7 Å². The van der Waals surface area contributed by atoms with E-state index in [2.05, 4.69) is 10.3 Å². The number of aromatic nitrogens is 1. The monoisotopic (exact) mass is 507 g/mol. The van der Waals surface area contributed by atoms with E-state index in [-0.39, 0.29) is 10.6 Å². The third-order valence-electron chi connectivity index (χ3n) is 5.22. The van der Waals surface area contributed by atoms with E-state index in [0.717, 1.165) is 4.70 Å². The first-order valence-corrected chi connectivity index (χ1v) is 13.0. The molecule has 3 aromatic carbocycles. The summed E-state index contributed by atoms with van der Waals surface area (Å²) in [4.78, 5) is 17.9. The Kier molecular flexibility index (Phi) is 7.00. The maximum absolute atomic E-state index is 13.3. The van der Waals surface area contributed by atoms with E-state index in [1.165, 1.54) is 23.5 Å². The Morgan fingerprint density at radius 1 is 1.09 bits per heavy atom. The first-order valence-electron chi connectivity index (χ1n) is 10.6. The highest BCUT2D eigenvalue weighted by Gasteiger charge is 2.25. The number of benzene rings is 3. The van der Waals surface area contributed by atoms with Crippen molar-refractivity contribution in [2.75, 3.05) is 18.2 Å². The van der Waals surface area contributed by atoms with E-state index in [1.807, 2.05) is 18.2 Å². The number of hydrogen-bond acceptors (Lipinski definition) is 8. The van der Waals surface area contributed by atoms with E-state index in [9.17, 15) is 13.2 Å². The number of anilines is 1. The molecule has 0 radical (unpaired) electrons. The van der Waals surface area contributed by atoms with Crippen LogP contribution in [0.2, 0.25) is 0 Å². The number of carbonyl (C=O) groups excluding carboxylic acids is 1. The molecule has 0 saturated carbocycles. The Bertz CT molecular complexity index is 1510. The number of rotatable bonds is 8. The molecule has 0 aliphatic rings. The standard InChI is InChI=1S/C25H21N3O5S2/c1-3-35(30,31)20-11-6-17(7-12-20)23(33-18-8-4-16(15-26)5-9-18)24(29)28-25-27-21-14-19(32-2)10-13-22(21)34-25/h4-14,23H,3H2,1-2H3,(H,27,28,29). The van der Waals surface area contributed by atoms with Crippen molar-refractivity contribution in [1.29, 1.82) is 5.26 Å². The minimum atomic E-state index is -3.39. The summed E-state index contributed by atoms with van der Waals surface area (Å²) in [6, 6.07) is 19.9. The van der Waals surface area contributed by atoms with Crippen LogP contribution in [0.4, 0.5) is 5.13 Å². The Hall–Kier alpha value is -3.94. The van der Waals surface area contributed by atoms with E-state index in [1.54, 1.807) is 56.5 Å². The van der Waals surface area contributed by atoms with Crippen LogP contribution in [0.5, 0.6) is 11.5 Å². The molecule has 0 bridgehead atoms. The normalized spacial score (nSPS) is 12.0. The summed E-state index contributed by atoms with van der Waals surface area (Å²) in [5, 5.41) is 12.2. The summed E-state index contributed by atoms with van der Waals surface area (Å²) in [5.74, 6) is 0.528. The Morgan fingerprint density at radius 2 is 1.77 bits per heavy atom. The molecule has 1 amide bonds. The fourth-order valence-corrected chi connectivity index (χ4v) is 5.03. The number of nitrogens with one attached hydrogen (secondary N) is 1. The number of ether oxygens (including phenoxy) is 2. The largest absolute Gasteiger partial charge is 0.497 e. The van der Waals surface area contributed by atoms with Crippen molar-refractivity contribution >= 4 is 42.4 Å². The number of nitrogens with zero attached hydrogens (tertiary/aromatic N) is 2. The summed E-state index contributed by atoms with van der Waals surface area (Å²) in [5.41, 5.74) is 1.60. The van der Waals surface area contributed by atoms with Gasteiger partial charge in [-0.15, -0.1) is 0 Å². The number of hydrogen-bond donors (Lipinski definition) is 1. The zero-order valence-corrected chi connectivity index (χ0v) is 20.5. The molecule has 0 aliphatic carbocycles. The highest BCUT2D eigenvalue weighted by molar-refractivity contribution is 7.91. The van der Waals surface area contributed by atoms with Gasteiger partial charge in [0.2, 0.25) is 6.10 Å². The minimum Gasteiger partial charge on any atom is -0.497 e. The van der Waals surface area contributed by atoms with Crippen molar-refractivity contribution in [1.82, 2.24) is 4.98 Å². The van der Waals surface area contributed by atoms with Gasteiger partial charge in [0.25, 0.3) is 5.91 Å². The lowest BCUT2D eigenvalue weighted by atomic mass is 10.1. The number of sulfone groups is 1. The highest BCUT2D eigenvalue weighted by Crippen LogP contribution is 2.31. The van der Waals surface area contributed by atoms with Crippen molar-refractivity contribution in [3.63, 3.8) is 0 Å². The van der Waals surface area contributed by atoms with Gasteiger partial charge in [0.05, 0.1) is 39.6 Å². The van der Waals surface area contributed by atoms with Crippen LogP contribution in [0.1, 0.15) is 24.2 Å². The van der Waals surface area contributed by atoms with Gasteiger partial charge in [-0.3, -0.25) is 10.1 Å². The maximum atomic E-state index is 13.3.